The zero-order valence-electron chi connectivity index (χ0n) is 12.7. The molecule has 2 aromatic rings. The molecule has 112 valence electrons. The van der Waals surface area contributed by atoms with Gasteiger partial charge in [-0.15, -0.1) is 0 Å². The van der Waals surface area contributed by atoms with Crippen LogP contribution in [0.15, 0.2) is 42.7 Å². The number of amides is 1. The van der Waals surface area contributed by atoms with Gasteiger partial charge < -0.3 is 5.73 Å². The number of aryl methyl sites for hydroxylation is 1. The van der Waals surface area contributed by atoms with Crippen molar-refractivity contribution in [2.24, 2.45) is 5.73 Å². The van der Waals surface area contributed by atoms with E-state index in [0.717, 1.165) is 11.1 Å². The van der Waals surface area contributed by atoms with E-state index in [0.29, 0.717) is 0 Å². The quantitative estimate of drug-likeness (QED) is 0.852. The number of carbonyl (C=O) groups excluding carboxylic acids is 1. The average Bonchev–Trinajstić information content (AvgIpc) is 2.90. The van der Waals surface area contributed by atoms with Crippen molar-refractivity contribution in [3.8, 4) is 0 Å². The number of carbonyl (C=O) groups is 1. The lowest BCUT2D eigenvalue weighted by Gasteiger charge is -2.26. The highest BCUT2D eigenvalue weighted by molar-refractivity contribution is 5.81. The lowest BCUT2D eigenvalue weighted by Crippen LogP contribution is -2.42. The van der Waals surface area contributed by atoms with Gasteiger partial charge in [0, 0.05) is 12.2 Å². The molecule has 1 aromatic heterocycles. The van der Waals surface area contributed by atoms with E-state index in [1.807, 2.05) is 61.3 Å². The molecule has 21 heavy (non-hydrogen) atoms. The SMILES string of the molecule is Cc1cnn([C@H](C)[C@@H](C)N[C@H](C(N)=O)c2ccccc2)c1. The van der Waals surface area contributed by atoms with Crippen molar-refractivity contribution >= 4 is 5.91 Å². The largest absolute Gasteiger partial charge is 0.368 e. The Kier molecular flexibility index (Phi) is 4.75. The van der Waals surface area contributed by atoms with Gasteiger partial charge >= 0.3 is 0 Å². The average molecular weight is 286 g/mol. The van der Waals surface area contributed by atoms with Crippen molar-refractivity contribution in [1.29, 1.82) is 0 Å². The summed E-state index contributed by atoms with van der Waals surface area (Å²) in [5.41, 5.74) is 7.53. The van der Waals surface area contributed by atoms with Gasteiger partial charge in [-0.25, -0.2) is 0 Å². The fourth-order valence-electron chi connectivity index (χ4n) is 2.28. The van der Waals surface area contributed by atoms with Gasteiger partial charge in [-0.2, -0.15) is 5.10 Å². The number of primary amides is 1. The van der Waals surface area contributed by atoms with Crippen LogP contribution in [-0.2, 0) is 4.79 Å². The normalized spacial score (nSPS) is 15.4. The van der Waals surface area contributed by atoms with Gasteiger partial charge in [0.1, 0.15) is 6.04 Å². The highest BCUT2D eigenvalue weighted by atomic mass is 16.1. The van der Waals surface area contributed by atoms with E-state index in [2.05, 4.69) is 17.3 Å². The van der Waals surface area contributed by atoms with Gasteiger partial charge in [-0.1, -0.05) is 30.3 Å². The van der Waals surface area contributed by atoms with Crippen LogP contribution in [0.5, 0.6) is 0 Å². The van der Waals surface area contributed by atoms with Crippen molar-refractivity contribution in [2.45, 2.75) is 38.9 Å². The molecule has 3 atom stereocenters. The molecule has 0 saturated heterocycles. The Morgan fingerprint density at radius 1 is 1.29 bits per heavy atom. The minimum absolute atomic E-state index is 0.0435. The molecule has 0 aliphatic heterocycles. The molecule has 0 fully saturated rings. The minimum atomic E-state index is -0.500. The van der Waals surface area contributed by atoms with E-state index in [9.17, 15) is 4.79 Å². The third-order valence-corrected chi connectivity index (χ3v) is 3.72. The van der Waals surface area contributed by atoms with Gasteiger partial charge in [0.15, 0.2) is 0 Å². The van der Waals surface area contributed by atoms with Crippen LogP contribution < -0.4 is 11.1 Å². The molecule has 2 rings (SSSR count). The maximum Gasteiger partial charge on any atom is 0.239 e. The van der Waals surface area contributed by atoms with Gasteiger partial charge in [0.05, 0.1) is 12.2 Å². The number of nitrogens with two attached hydrogens (primary N) is 1. The lowest BCUT2D eigenvalue weighted by atomic mass is 10.0. The van der Waals surface area contributed by atoms with E-state index in [1.54, 1.807) is 0 Å². The first-order chi connectivity index (χ1) is 9.99. The molecule has 1 heterocycles. The number of hydrogen-bond donors (Lipinski definition) is 2. The van der Waals surface area contributed by atoms with Crippen LogP contribution in [0.3, 0.4) is 0 Å². The molecule has 5 nitrogen and oxygen atoms in total. The van der Waals surface area contributed by atoms with Crippen LogP contribution in [-0.4, -0.2) is 21.7 Å². The van der Waals surface area contributed by atoms with Crippen LogP contribution in [0.25, 0.3) is 0 Å². The van der Waals surface area contributed by atoms with Crippen molar-refractivity contribution in [3.05, 3.63) is 53.9 Å². The monoisotopic (exact) mass is 286 g/mol. The highest BCUT2D eigenvalue weighted by Gasteiger charge is 2.23. The number of nitrogens with zero attached hydrogens (tertiary/aromatic N) is 2. The Labute approximate surface area is 125 Å². The number of aromatic nitrogens is 2. The van der Waals surface area contributed by atoms with E-state index >= 15 is 0 Å². The fraction of sp³-hybridized carbons (Fsp3) is 0.375. The predicted molar refractivity (Wildman–Crippen MR) is 82.7 cm³/mol. The first-order valence-corrected chi connectivity index (χ1v) is 7.10. The summed E-state index contributed by atoms with van der Waals surface area (Å²) in [6, 6.07) is 9.18. The molecule has 0 saturated carbocycles. The Bertz CT molecular complexity index is 593. The summed E-state index contributed by atoms with van der Waals surface area (Å²) < 4.78 is 1.90. The summed E-state index contributed by atoms with van der Waals surface area (Å²) in [6.07, 6.45) is 3.82. The van der Waals surface area contributed by atoms with Crippen molar-refractivity contribution in [3.63, 3.8) is 0 Å². The number of hydrogen-bond acceptors (Lipinski definition) is 3. The third kappa shape index (κ3) is 3.70. The Morgan fingerprint density at radius 2 is 1.95 bits per heavy atom. The fourth-order valence-corrected chi connectivity index (χ4v) is 2.28. The summed E-state index contributed by atoms with van der Waals surface area (Å²) in [5.74, 6) is -0.378. The summed E-state index contributed by atoms with van der Waals surface area (Å²) >= 11 is 0. The van der Waals surface area contributed by atoms with Gasteiger partial charge in [-0.3, -0.25) is 14.8 Å². The van der Waals surface area contributed by atoms with Crippen molar-refractivity contribution in [2.75, 3.05) is 0 Å². The van der Waals surface area contributed by atoms with Gasteiger partial charge in [-0.05, 0) is 31.9 Å². The zero-order valence-corrected chi connectivity index (χ0v) is 12.7. The summed E-state index contributed by atoms with van der Waals surface area (Å²) in [7, 11) is 0. The van der Waals surface area contributed by atoms with Crippen LogP contribution in [0.2, 0.25) is 0 Å². The van der Waals surface area contributed by atoms with Crippen molar-refractivity contribution < 1.29 is 4.79 Å². The molecule has 0 spiro atoms. The van der Waals surface area contributed by atoms with Crippen LogP contribution in [0, 0.1) is 6.92 Å². The maximum atomic E-state index is 11.7. The molecule has 0 radical (unpaired) electrons. The summed E-state index contributed by atoms with van der Waals surface area (Å²) in [6.45, 7) is 6.10. The Balaban J connectivity index is 2.12. The molecular weight excluding hydrogens is 264 g/mol. The van der Waals surface area contributed by atoms with E-state index in [1.165, 1.54) is 0 Å². The van der Waals surface area contributed by atoms with E-state index in [4.69, 9.17) is 5.73 Å². The minimum Gasteiger partial charge on any atom is -0.368 e. The first kappa shape index (κ1) is 15.3. The summed E-state index contributed by atoms with van der Waals surface area (Å²) in [5, 5.41) is 7.63. The predicted octanol–water partition coefficient (Wildman–Crippen LogP) is 1.96. The van der Waals surface area contributed by atoms with E-state index in [-0.39, 0.29) is 18.0 Å². The van der Waals surface area contributed by atoms with Crippen LogP contribution >= 0.6 is 0 Å². The second kappa shape index (κ2) is 6.54. The molecule has 0 aliphatic rings. The van der Waals surface area contributed by atoms with Crippen LogP contribution in [0.1, 0.15) is 37.1 Å². The lowest BCUT2D eigenvalue weighted by molar-refractivity contribution is -0.120. The smallest absolute Gasteiger partial charge is 0.239 e. The highest BCUT2D eigenvalue weighted by Crippen LogP contribution is 2.17. The van der Waals surface area contributed by atoms with Crippen molar-refractivity contribution in [1.82, 2.24) is 15.1 Å². The first-order valence-electron chi connectivity index (χ1n) is 7.10. The molecule has 5 heteroatoms. The molecule has 0 bridgehead atoms. The van der Waals surface area contributed by atoms with Crippen LogP contribution in [0.4, 0.5) is 0 Å². The molecule has 0 aliphatic carbocycles. The second-order valence-corrected chi connectivity index (χ2v) is 5.44. The molecule has 1 aromatic carbocycles. The number of benzene rings is 1. The third-order valence-electron chi connectivity index (χ3n) is 3.72. The summed E-state index contributed by atoms with van der Waals surface area (Å²) in [4.78, 5) is 11.7. The second-order valence-electron chi connectivity index (χ2n) is 5.44. The Morgan fingerprint density at radius 3 is 2.48 bits per heavy atom. The Hall–Kier alpha value is -2.14. The molecule has 1 amide bonds. The van der Waals surface area contributed by atoms with Gasteiger partial charge in [0.2, 0.25) is 5.91 Å². The zero-order chi connectivity index (χ0) is 15.4. The maximum absolute atomic E-state index is 11.7. The molecular formula is C16H22N4O. The van der Waals surface area contributed by atoms with E-state index < -0.39 is 6.04 Å². The topological polar surface area (TPSA) is 72.9 Å². The standard InChI is InChI=1S/C16H22N4O/c1-11-9-18-20(10-11)13(3)12(2)19-15(16(17)21)14-7-5-4-6-8-14/h4-10,12-13,15,19H,1-3H3,(H2,17,21)/t12-,13-,15+/m1/s1. The number of nitrogens with one attached hydrogen (secondary N) is 1. The number of rotatable bonds is 6. The molecule has 3 N–H and O–H groups in total. The van der Waals surface area contributed by atoms with Gasteiger partial charge in [0.25, 0.3) is 0 Å². The molecule has 0 unspecified atom stereocenters.